The first-order chi connectivity index (χ1) is 6.65. The minimum atomic E-state index is -0.572. The molecule has 0 aliphatic heterocycles. The number of hydrogen-bond donors (Lipinski definition) is 3. The number of carbonyl (C=O) groups excluding carboxylic acids is 2. The molecule has 0 bridgehead atoms. The van der Waals surface area contributed by atoms with Gasteiger partial charge in [-0.3, -0.25) is 4.79 Å². The zero-order valence-corrected chi connectivity index (χ0v) is 7.70. The van der Waals surface area contributed by atoms with E-state index in [1.54, 1.807) is 24.3 Å². The molecule has 1 aromatic rings. The lowest BCUT2D eigenvalue weighted by atomic mass is 10.1. The first-order valence-corrected chi connectivity index (χ1v) is 4.02. The minimum Gasteiger partial charge on any atom is -0.366 e. The van der Waals surface area contributed by atoms with Crippen LogP contribution in [0, 0.1) is 0 Å². The Morgan fingerprint density at radius 3 is 2.50 bits per heavy atom. The number of nitrogens with one attached hydrogen (secondary N) is 2. The number of carbonyl (C=O) groups is 2. The predicted molar refractivity (Wildman–Crippen MR) is 53.0 cm³/mol. The van der Waals surface area contributed by atoms with Crippen molar-refractivity contribution in [3.8, 4) is 0 Å². The van der Waals surface area contributed by atoms with E-state index in [2.05, 4.69) is 10.6 Å². The van der Waals surface area contributed by atoms with E-state index in [0.717, 1.165) is 0 Å². The maximum absolute atomic E-state index is 11.0. The number of amides is 3. The average molecular weight is 193 g/mol. The number of para-hydroxylation sites is 1. The van der Waals surface area contributed by atoms with Gasteiger partial charge in [0.15, 0.2) is 0 Å². The topological polar surface area (TPSA) is 84.2 Å². The van der Waals surface area contributed by atoms with Crippen molar-refractivity contribution in [2.24, 2.45) is 5.73 Å². The summed E-state index contributed by atoms with van der Waals surface area (Å²) in [6.07, 6.45) is 0. The number of urea groups is 1. The highest BCUT2D eigenvalue weighted by Crippen LogP contribution is 2.13. The van der Waals surface area contributed by atoms with Crippen LogP contribution in [0.15, 0.2) is 24.3 Å². The maximum Gasteiger partial charge on any atom is 0.318 e. The molecule has 0 fully saturated rings. The van der Waals surface area contributed by atoms with Crippen LogP contribution in [-0.4, -0.2) is 19.0 Å². The highest BCUT2D eigenvalue weighted by molar-refractivity contribution is 6.02. The highest BCUT2D eigenvalue weighted by atomic mass is 16.2. The molecule has 1 aromatic carbocycles. The summed E-state index contributed by atoms with van der Waals surface area (Å²) >= 11 is 0. The van der Waals surface area contributed by atoms with Gasteiger partial charge in [-0.1, -0.05) is 12.1 Å². The summed E-state index contributed by atoms with van der Waals surface area (Å²) in [5.74, 6) is -0.572. The normalized spacial score (nSPS) is 9.21. The molecule has 0 radical (unpaired) electrons. The Labute approximate surface area is 81.3 Å². The van der Waals surface area contributed by atoms with E-state index in [9.17, 15) is 9.59 Å². The van der Waals surface area contributed by atoms with Crippen LogP contribution in [0.2, 0.25) is 0 Å². The molecule has 3 amide bonds. The van der Waals surface area contributed by atoms with Gasteiger partial charge in [0.25, 0.3) is 5.91 Å². The van der Waals surface area contributed by atoms with E-state index >= 15 is 0 Å². The number of rotatable bonds is 2. The smallest absolute Gasteiger partial charge is 0.318 e. The largest absolute Gasteiger partial charge is 0.366 e. The Morgan fingerprint density at radius 1 is 1.29 bits per heavy atom. The van der Waals surface area contributed by atoms with Crippen molar-refractivity contribution in [2.75, 3.05) is 12.4 Å². The molecule has 0 unspecified atom stereocenters. The molecule has 0 aliphatic rings. The molecule has 0 heterocycles. The van der Waals surface area contributed by atoms with Gasteiger partial charge < -0.3 is 16.4 Å². The third-order valence-electron chi connectivity index (χ3n) is 1.67. The summed E-state index contributed by atoms with van der Waals surface area (Å²) in [7, 11) is 1.49. The van der Waals surface area contributed by atoms with Gasteiger partial charge in [-0.05, 0) is 12.1 Å². The second-order valence-corrected chi connectivity index (χ2v) is 2.61. The number of nitrogens with two attached hydrogens (primary N) is 1. The molecule has 4 N–H and O–H groups in total. The van der Waals surface area contributed by atoms with Crippen LogP contribution in [-0.2, 0) is 0 Å². The molecular weight excluding hydrogens is 182 g/mol. The lowest BCUT2D eigenvalue weighted by Crippen LogP contribution is -2.26. The van der Waals surface area contributed by atoms with E-state index < -0.39 is 11.9 Å². The Kier molecular flexibility index (Phi) is 3.06. The SMILES string of the molecule is CNC(=O)Nc1ccccc1C(N)=O. The summed E-state index contributed by atoms with van der Waals surface area (Å²) in [6.45, 7) is 0. The summed E-state index contributed by atoms with van der Waals surface area (Å²) in [4.78, 5) is 21.9. The second-order valence-electron chi connectivity index (χ2n) is 2.61. The van der Waals surface area contributed by atoms with Crippen LogP contribution in [0.4, 0.5) is 10.5 Å². The van der Waals surface area contributed by atoms with Crippen LogP contribution in [0.25, 0.3) is 0 Å². The molecule has 0 saturated carbocycles. The Balaban J connectivity index is 2.95. The van der Waals surface area contributed by atoms with E-state index in [4.69, 9.17) is 5.73 Å². The van der Waals surface area contributed by atoms with Gasteiger partial charge in [-0.25, -0.2) is 4.79 Å². The van der Waals surface area contributed by atoms with Gasteiger partial charge in [0.05, 0.1) is 11.3 Å². The highest BCUT2D eigenvalue weighted by Gasteiger charge is 2.08. The summed E-state index contributed by atoms with van der Waals surface area (Å²) in [6, 6.07) is 6.15. The molecular formula is C9H11N3O2. The van der Waals surface area contributed by atoms with E-state index in [1.165, 1.54) is 7.05 Å². The monoisotopic (exact) mass is 193 g/mol. The quantitative estimate of drug-likeness (QED) is 0.640. The zero-order chi connectivity index (χ0) is 10.6. The van der Waals surface area contributed by atoms with Crippen molar-refractivity contribution in [3.05, 3.63) is 29.8 Å². The fourth-order valence-electron chi connectivity index (χ4n) is 0.992. The Bertz CT molecular complexity index is 363. The molecule has 74 valence electrons. The molecule has 0 atom stereocenters. The van der Waals surface area contributed by atoms with Gasteiger partial charge in [-0.15, -0.1) is 0 Å². The molecule has 5 nitrogen and oxygen atoms in total. The number of hydrogen-bond acceptors (Lipinski definition) is 2. The van der Waals surface area contributed by atoms with Gasteiger partial charge >= 0.3 is 6.03 Å². The summed E-state index contributed by atoms with van der Waals surface area (Å²) in [5.41, 5.74) is 5.81. The molecule has 5 heteroatoms. The summed E-state index contributed by atoms with van der Waals surface area (Å²) < 4.78 is 0. The lowest BCUT2D eigenvalue weighted by Gasteiger charge is -2.07. The van der Waals surface area contributed by atoms with Gasteiger partial charge in [0.1, 0.15) is 0 Å². The number of benzene rings is 1. The average Bonchev–Trinajstić information content (AvgIpc) is 2.18. The van der Waals surface area contributed by atoms with Crippen molar-refractivity contribution in [1.82, 2.24) is 5.32 Å². The van der Waals surface area contributed by atoms with Crippen LogP contribution in [0.3, 0.4) is 0 Å². The first-order valence-electron chi connectivity index (χ1n) is 4.02. The van der Waals surface area contributed by atoms with Crippen molar-refractivity contribution >= 4 is 17.6 Å². The molecule has 1 rings (SSSR count). The van der Waals surface area contributed by atoms with Crippen LogP contribution in [0.1, 0.15) is 10.4 Å². The van der Waals surface area contributed by atoms with E-state index in [1.807, 2.05) is 0 Å². The van der Waals surface area contributed by atoms with E-state index in [-0.39, 0.29) is 5.56 Å². The molecule has 0 saturated heterocycles. The van der Waals surface area contributed by atoms with Crippen molar-refractivity contribution < 1.29 is 9.59 Å². The minimum absolute atomic E-state index is 0.288. The lowest BCUT2D eigenvalue weighted by molar-refractivity contribution is 0.100. The van der Waals surface area contributed by atoms with Crippen molar-refractivity contribution in [3.63, 3.8) is 0 Å². The third-order valence-corrected chi connectivity index (χ3v) is 1.67. The summed E-state index contributed by atoms with van der Waals surface area (Å²) in [5, 5.41) is 4.87. The molecule has 14 heavy (non-hydrogen) atoms. The first kappa shape index (κ1) is 10.0. The van der Waals surface area contributed by atoms with Gasteiger partial charge in [0.2, 0.25) is 0 Å². The fraction of sp³-hybridized carbons (Fsp3) is 0.111. The zero-order valence-electron chi connectivity index (χ0n) is 7.70. The molecule has 0 aromatic heterocycles. The van der Waals surface area contributed by atoms with Crippen LogP contribution < -0.4 is 16.4 Å². The fourth-order valence-corrected chi connectivity index (χ4v) is 0.992. The number of anilines is 1. The van der Waals surface area contributed by atoms with Crippen molar-refractivity contribution in [1.29, 1.82) is 0 Å². The number of primary amides is 1. The predicted octanol–water partition coefficient (Wildman–Crippen LogP) is 0.537. The standard InChI is InChI=1S/C9H11N3O2/c1-11-9(14)12-7-5-3-2-4-6(7)8(10)13/h2-5H,1H3,(H2,10,13)(H2,11,12,14). The van der Waals surface area contributed by atoms with Crippen molar-refractivity contribution in [2.45, 2.75) is 0 Å². The molecule has 0 aliphatic carbocycles. The second kappa shape index (κ2) is 4.27. The van der Waals surface area contributed by atoms with Gasteiger partial charge in [0, 0.05) is 7.05 Å². The van der Waals surface area contributed by atoms with E-state index in [0.29, 0.717) is 5.69 Å². The Hall–Kier alpha value is -2.04. The van der Waals surface area contributed by atoms with Gasteiger partial charge in [-0.2, -0.15) is 0 Å². The van der Waals surface area contributed by atoms with Crippen LogP contribution >= 0.6 is 0 Å². The maximum atomic E-state index is 11.0. The van der Waals surface area contributed by atoms with Crippen LogP contribution in [0.5, 0.6) is 0 Å². The molecule has 0 spiro atoms. The Morgan fingerprint density at radius 2 is 1.93 bits per heavy atom. The third kappa shape index (κ3) is 2.22.